The SMILES string of the molecule is N#Cc1ccc(C#CCC=O)cc1[N+](=O)[O-]. The molecule has 0 saturated heterocycles. The van der Waals surface area contributed by atoms with Gasteiger partial charge in [-0.2, -0.15) is 5.26 Å². The second-order valence-corrected chi connectivity index (χ2v) is 2.77. The molecule has 0 spiro atoms. The number of aldehydes is 1. The van der Waals surface area contributed by atoms with E-state index in [4.69, 9.17) is 5.26 Å². The molecule has 16 heavy (non-hydrogen) atoms. The summed E-state index contributed by atoms with van der Waals surface area (Å²) in [7, 11) is 0. The van der Waals surface area contributed by atoms with Crippen molar-refractivity contribution in [2.45, 2.75) is 6.42 Å². The Kier molecular flexibility index (Phi) is 3.77. The van der Waals surface area contributed by atoms with Gasteiger partial charge < -0.3 is 4.79 Å². The maximum Gasteiger partial charge on any atom is 0.288 e. The first-order chi connectivity index (χ1) is 7.69. The normalized spacial score (nSPS) is 8.44. The van der Waals surface area contributed by atoms with Crippen molar-refractivity contribution in [1.29, 1.82) is 5.26 Å². The number of nitrogens with zero attached hydrogens (tertiary/aromatic N) is 2. The lowest BCUT2D eigenvalue weighted by atomic mass is 10.1. The molecule has 0 amide bonds. The van der Waals surface area contributed by atoms with Gasteiger partial charge in [0.2, 0.25) is 0 Å². The van der Waals surface area contributed by atoms with E-state index in [9.17, 15) is 14.9 Å². The molecular formula is C11H6N2O3. The minimum Gasteiger partial charge on any atom is -0.302 e. The van der Waals surface area contributed by atoms with Gasteiger partial charge in [-0.3, -0.25) is 10.1 Å². The number of nitro groups is 1. The molecule has 0 aromatic heterocycles. The van der Waals surface area contributed by atoms with Gasteiger partial charge >= 0.3 is 0 Å². The Morgan fingerprint density at radius 3 is 2.81 bits per heavy atom. The van der Waals surface area contributed by atoms with Crippen molar-refractivity contribution in [2.75, 3.05) is 0 Å². The fourth-order valence-electron chi connectivity index (χ4n) is 1.05. The number of hydrogen-bond acceptors (Lipinski definition) is 4. The highest BCUT2D eigenvalue weighted by Gasteiger charge is 2.13. The Balaban J connectivity index is 3.14. The molecule has 1 rings (SSSR count). The van der Waals surface area contributed by atoms with E-state index in [0.717, 1.165) is 0 Å². The lowest BCUT2D eigenvalue weighted by Gasteiger charge is -1.94. The van der Waals surface area contributed by atoms with Crippen LogP contribution in [0.1, 0.15) is 17.5 Å². The van der Waals surface area contributed by atoms with Gasteiger partial charge in [-0.25, -0.2) is 0 Å². The zero-order valence-corrected chi connectivity index (χ0v) is 8.14. The Hall–Kier alpha value is -2.66. The van der Waals surface area contributed by atoms with Crippen molar-refractivity contribution in [3.63, 3.8) is 0 Å². The van der Waals surface area contributed by atoms with Crippen molar-refractivity contribution in [3.05, 3.63) is 39.4 Å². The number of nitro benzene ring substituents is 1. The minimum atomic E-state index is -0.635. The molecule has 0 heterocycles. The fourth-order valence-corrected chi connectivity index (χ4v) is 1.05. The van der Waals surface area contributed by atoms with Crippen LogP contribution in [0.3, 0.4) is 0 Å². The van der Waals surface area contributed by atoms with Crippen molar-refractivity contribution in [1.82, 2.24) is 0 Å². The van der Waals surface area contributed by atoms with E-state index in [1.807, 2.05) is 0 Å². The average molecular weight is 214 g/mol. The summed E-state index contributed by atoms with van der Waals surface area (Å²) in [6.45, 7) is 0. The molecule has 1 aromatic carbocycles. The molecule has 0 aliphatic heterocycles. The Bertz CT molecular complexity index is 532. The summed E-state index contributed by atoms with van der Waals surface area (Å²) in [6, 6.07) is 5.78. The molecule has 0 unspecified atom stereocenters. The molecule has 5 nitrogen and oxygen atoms in total. The van der Waals surface area contributed by atoms with E-state index in [-0.39, 0.29) is 17.7 Å². The van der Waals surface area contributed by atoms with E-state index in [2.05, 4.69) is 11.8 Å². The first kappa shape index (κ1) is 11.4. The third-order valence-electron chi connectivity index (χ3n) is 1.73. The topological polar surface area (TPSA) is 84.0 Å². The van der Waals surface area contributed by atoms with Crippen LogP contribution < -0.4 is 0 Å². The van der Waals surface area contributed by atoms with Crippen LogP contribution in [0.15, 0.2) is 18.2 Å². The summed E-state index contributed by atoms with van der Waals surface area (Å²) in [6.07, 6.45) is 0.721. The summed E-state index contributed by atoms with van der Waals surface area (Å²) in [4.78, 5) is 20.0. The van der Waals surface area contributed by atoms with Crippen molar-refractivity contribution >= 4 is 12.0 Å². The van der Waals surface area contributed by atoms with Crippen LogP contribution in [-0.2, 0) is 4.79 Å². The molecule has 5 heteroatoms. The van der Waals surface area contributed by atoms with Gasteiger partial charge in [-0.15, -0.1) is 0 Å². The highest BCUT2D eigenvalue weighted by atomic mass is 16.6. The molecule has 0 saturated carbocycles. The van der Waals surface area contributed by atoms with E-state index >= 15 is 0 Å². The van der Waals surface area contributed by atoms with Crippen LogP contribution in [-0.4, -0.2) is 11.2 Å². The molecule has 0 radical (unpaired) electrons. The second-order valence-electron chi connectivity index (χ2n) is 2.77. The van der Waals surface area contributed by atoms with Gasteiger partial charge in [0.1, 0.15) is 17.9 Å². The summed E-state index contributed by atoms with van der Waals surface area (Å²) in [5.74, 6) is 5.13. The first-order valence-corrected chi connectivity index (χ1v) is 4.30. The average Bonchev–Trinajstić information content (AvgIpc) is 2.29. The van der Waals surface area contributed by atoms with Gasteiger partial charge in [-0.1, -0.05) is 11.8 Å². The number of hydrogen-bond donors (Lipinski definition) is 0. The van der Waals surface area contributed by atoms with Gasteiger partial charge in [-0.05, 0) is 12.1 Å². The van der Waals surface area contributed by atoms with E-state index in [1.54, 1.807) is 6.07 Å². The van der Waals surface area contributed by atoms with E-state index < -0.39 is 4.92 Å². The maximum atomic E-state index is 10.6. The van der Waals surface area contributed by atoms with Gasteiger partial charge in [0.05, 0.1) is 11.3 Å². The number of carbonyl (C=O) groups is 1. The third kappa shape index (κ3) is 2.66. The molecule has 0 N–H and O–H groups in total. The Morgan fingerprint density at radius 1 is 1.50 bits per heavy atom. The van der Waals surface area contributed by atoms with Crippen molar-refractivity contribution < 1.29 is 9.72 Å². The van der Waals surface area contributed by atoms with E-state index in [1.165, 1.54) is 18.2 Å². The highest BCUT2D eigenvalue weighted by molar-refractivity contribution is 5.57. The number of carbonyl (C=O) groups excluding carboxylic acids is 1. The predicted molar refractivity (Wildman–Crippen MR) is 55.4 cm³/mol. The van der Waals surface area contributed by atoms with Gasteiger partial charge in [0.25, 0.3) is 5.69 Å². The third-order valence-corrected chi connectivity index (χ3v) is 1.73. The van der Waals surface area contributed by atoms with Gasteiger partial charge in [0, 0.05) is 11.6 Å². The summed E-state index contributed by atoms with van der Waals surface area (Å²) >= 11 is 0. The zero-order valence-electron chi connectivity index (χ0n) is 8.14. The smallest absolute Gasteiger partial charge is 0.288 e. The zero-order chi connectivity index (χ0) is 12.0. The minimum absolute atomic E-state index is 0.00839. The van der Waals surface area contributed by atoms with Gasteiger partial charge in [0.15, 0.2) is 0 Å². The maximum absolute atomic E-state index is 10.6. The van der Waals surface area contributed by atoms with Crippen LogP contribution in [0, 0.1) is 33.3 Å². The fraction of sp³-hybridized carbons (Fsp3) is 0.0909. The molecule has 78 valence electrons. The lowest BCUT2D eigenvalue weighted by Crippen LogP contribution is -1.92. The van der Waals surface area contributed by atoms with Crippen LogP contribution in [0.2, 0.25) is 0 Å². The highest BCUT2D eigenvalue weighted by Crippen LogP contribution is 2.18. The lowest BCUT2D eigenvalue weighted by molar-refractivity contribution is -0.385. The molecule has 1 aromatic rings. The van der Waals surface area contributed by atoms with Crippen LogP contribution in [0.25, 0.3) is 0 Å². The van der Waals surface area contributed by atoms with Crippen molar-refractivity contribution in [2.24, 2.45) is 0 Å². The van der Waals surface area contributed by atoms with Crippen LogP contribution in [0.5, 0.6) is 0 Å². The van der Waals surface area contributed by atoms with E-state index in [0.29, 0.717) is 11.8 Å². The summed E-state index contributed by atoms with van der Waals surface area (Å²) in [5.41, 5.74) is 0.124. The van der Waals surface area contributed by atoms with Crippen LogP contribution in [0.4, 0.5) is 5.69 Å². The number of rotatable bonds is 2. The largest absolute Gasteiger partial charge is 0.302 e. The Morgan fingerprint density at radius 2 is 2.25 bits per heavy atom. The number of benzene rings is 1. The van der Waals surface area contributed by atoms with Crippen LogP contribution >= 0.6 is 0 Å². The van der Waals surface area contributed by atoms with Crippen molar-refractivity contribution in [3.8, 4) is 17.9 Å². The standard InChI is InChI=1S/C11H6N2O3/c12-8-10-5-4-9(3-1-2-6-14)7-11(10)13(15)16/h4-7H,2H2. The molecular weight excluding hydrogens is 208 g/mol. The molecule has 0 aliphatic carbocycles. The molecule has 0 aliphatic rings. The quantitative estimate of drug-likeness (QED) is 0.322. The second kappa shape index (κ2) is 5.28. The predicted octanol–water partition coefficient (Wildman–Crippen LogP) is 1.41. The first-order valence-electron chi connectivity index (χ1n) is 4.30. The summed E-state index contributed by atoms with van der Waals surface area (Å²) in [5, 5.41) is 19.2. The molecule has 0 fully saturated rings. The number of nitriles is 1. The molecule has 0 bridgehead atoms. The summed E-state index contributed by atoms with van der Waals surface area (Å²) < 4.78 is 0. The Labute approximate surface area is 91.5 Å². The molecule has 0 atom stereocenters. The monoisotopic (exact) mass is 214 g/mol.